The summed E-state index contributed by atoms with van der Waals surface area (Å²) in [6.45, 7) is 6.95. The molecule has 1 aromatic heterocycles. The zero-order valence-electron chi connectivity index (χ0n) is 15.0. The highest BCUT2D eigenvalue weighted by atomic mass is 16.2. The summed E-state index contributed by atoms with van der Waals surface area (Å²) in [5, 5.41) is 11.5. The van der Waals surface area contributed by atoms with Crippen molar-refractivity contribution in [3.05, 3.63) is 42.1 Å². The lowest BCUT2D eigenvalue weighted by atomic mass is 9.70. The Morgan fingerprint density at radius 2 is 2.04 bits per heavy atom. The maximum absolute atomic E-state index is 12.4. The summed E-state index contributed by atoms with van der Waals surface area (Å²) >= 11 is 0. The quantitative estimate of drug-likeness (QED) is 0.832. The molecule has 0 aliphatic heterocycles. The summed E-state index contributed by atoms with van der Waals surface area (Å²) in [6, 6.07) is 11.6. The smallest absolute Gasteiger partial charge is 0.272 e. The fourth-order valence-electron chi connectivity index (χ4n) is 4.47. The molecule has 2 saturated carbocycles. The minimum atomic E-state index is -0.244. The molecule has 0 radical (unpaired) electrons. The number of amides is 1. The standard InChI is InChI=1S/C20H24N4O/c1-19(2)14-9-10-20(19,3)17(11-14)23-24-18(25)16-12-15(21-22-16)13-7-5-4-6-8-13/h4-8,12,14H,9-11H2,1-3H3,(H,21,22)(H,24,25)/b23-17+/t14-,20+/m0/s1. The molecular weight excluding hydrogens is 312 g/mol. The van der Waals surface area contributed by atoms with Crippen LogP contribution in [0.4, 0.5) is 0 Å². The third-order valence-corrected chi connectivity index (χ3v) is 6.70. The van der Waals surface area contributed by atoms with Crippen molar-refractivity contribution in [2.45, 2.75) is 40.0 Å². The Bertz CT molecular complexity index is 836. The normalized spacial score (nSPS) is 28.4. The zero-order chi connectivity index (χ0) is 17.7. The maximum atomic E-state index is 12.4. The Kier molecular flexibility index (Phi) is 3.56. The molecule has 0 unspecified atom stereocenters. The van der Waals surface area contributed by atoms with E-state index < -0.39 is 0 Å². The first-order valence-electron chi connectivity index (χ1n) is 8.90. The van der Waals surface area contributed by atoms with Gasteiger partial charge in [0.15, 0.2) is 0 Å². The van der Waals surface area contributed by atoms with Gasteiger partial charge in [0.1, 0.15) is 5.69 Å². The number of aromatic nitrogens is 2. The molecule has 2 aliphatic carbocycles. The molecule has 5 heteroatoms. The first-order valence-corrected chi connectivity index (χ1v) is 8.90. The second-order valence-electron chi connectivity index (χ2n) is 8.03. The fraction of sp³-hybridized carbons (Fsp3) is 0.450. The van der Waals surface area contributed by atoms with Gasteiger partial charge in [-0.1, -0.05) is 51.1 Å². The summed E-state index contributed by atoms with van der Waals surface area (Å²) in [5.41, 5.74) is 6.37. The SMILES string of the molecule is CC1(C)[C@H]2CC[C@]1(C)/C(=N/NC(=O)c1cc(-c3ccccc3)n[nH]1)C2. The average Bonchev–Trinajstić information content (AvgIpc) is 3.23. The van der Waals surface area contributed by atoms with Gasteiger partial charge in [0.2, 0.25) is 0 Å². The van der Waals surface area contributed by atoms with Crippen molar-refractivity contribution in [3.8, 4) is 11.3 Å². The van der Waals surface area contributed by atoms with E-state index in [0.717, 1.165) is 29.8 Å². The minimum Gasteiger partial charge on any atom is -0.272 e. The van der Waals surface area contributed by atoms with Gasteiger partial charge >= 0.3 is 0 Å². The number of fused-ring (bicyclic) bond motifs is 2. The number of nitrogens with one attached hydrogen (secondary N) is 2. The third kappa shape index (κ3) is 2.41. The van der Waals surface area contributed by atoms with E-state index in [9.17, 15) is 4.79 Å². The summed E-state index contributed by atoms with van der Waals surface area (Å²) in [4.78, 5) is 12.4. The van der Waals surface area contributed by atoms with Crippen LogP contribution < -0.4 is 5.43 Å². The number of carbonyl (C=O) groups excluding carboxylic acids is 1. The first kappa shape index (κ1) is 16.1. The van der Waals surface area contributed by atoms with E-state index in [1.54, 1.807) is 6.07 Å². The van der Waals surface area contributed by atoms with Crippen molar-refractivity contribution in [1.82, 2.24) is 15.6 Å². The molecular formula is C20H24N4O. The number of carbonyl (C=O) groups is 1. The highest BCUT2D eigenvalue weighted by molar-refractivity contribution is 5.97. The monoisotopic (exact) mass is 336 g/mol. The minimum absolute atomic E-state index is 0.0914. The van der Waals surface area contributed by atoms with Crippen molar-refractivity contribution in [2.75, 3.05) is 0 Å². The van der Waals surface area contributed by atoms with Gasteiger partial charge in [0.25, 0.3) is 5.91 Å². The number of rotatable bonds is 3. The number of hydrazone groups is 1. The van der Waals surface area contributed by atoms with Crippen molar-refractivity contribution >= 4 is 11.6 Å². The molecule has 4 rings (SSSR count). The van der Waals surface area contributed by atoms with Crippen molar-refractivity contribution in [1.29, 1.82) is 0 Å². The van der Waals surface area contributed by atoms with Crippen LogP contribution in [0.3, 0.4) is 0 Å². The van der Waals surface area contributed by atoms with Crippen molar-refractivity contribution in [3.63, 3.8) is 0 Å². The van der Waals surface area contributed by atoms with Crippen LogP contribution in [0.25, 0.3) is 11.3 Å². The highest BCUT2D eigenvalue weighted by Gasteiger charge is 2.60. The van der Waals surface area contributed by atoms with Crippen LogP contribution in [-0.4, -0.2) is 21.8 Å². The van der Waals surface area contributed by atoms with E-state index in [1.165, 1.54) is 6.42 Å². The zero-order valence-corrected chi connectivity index (χ0v) is 15.0. The third-order valence-electron chi connectivity index (χ3n) is 6.70. The number of aromatic amines is 1. The van der Waals surface area contributed by atoms with Gasteiger partial charge in [-0.05, 0) is 36.7 Å². The second-order valence-corrected chi connectivity index (χ2v) is 8.03. The number of hydrogen-bond donors (Lipinski definition) is 2. The van der Waals surface area contributed by atoms with E-state index in [-0.39, 0.29) is 16.7 Å². The van der Waals surface area contributed by atoms with E-state index in [1.807, 2.05) is 30.3 Å². The average molecular weight is 336 g/mol. The van der Waals surface area contributed by atoms with E-state index in [2.05, 4.69) is 41.5 Å². The Morgan fingerprint density at radius 3 is 2.68 bits per heavy atom. The molecule has 5 nitrogen and oxygen atoms in total. The molecule has 2 aliphatic rings. The highest BCUT2D eigenvalue weighted by Crippen LogP contribution is 2.63. The van der Waals surface area contributed by atoms with Gasteiger partial charge in [0.05, 0.1) is 5.69 Å². The van der Waals surface area contributed by atoms with Crippen LogP contribution in [0.1, 0.15) is 50.5 Å². The Hall–Kier alpha value is -2.43. The largest absolute Gasteiger partial charge is 0.289 e. The summed E-state index contributed by atoms with van der Waals surface area (Å²) in [5.74, 6) is 0.427. The molecule has 1 heterocycles. The van der Waals surface area contributed by atoms with E-state index >= 15 is 0 Å². The summed E-state index contributed by atoms with van der Waals surface area (Å²) in [7, 11) is 0. The molecule has 2 aromatic rings. The van der Waals surface area contributed by atoms with Crippen LogP contribution in [-0.2, 0) is 0 Å². The van der Waals surface area contributed by atoms with Crippen LogP contribution in [0.5, 0.6) is 0 Å². The van der Waals surface area contributed by atoms with Crippen LogP contribution in [0.2, 0.25) is 0 Å². The van der Waals surface area contributed by atoms with Gasteiger partial charge in [-0.25, -0.2) is 5.43 Å². The lowest BCUT2D eigenvalue weighted by Gasteiger charge is -2.34. The Labute approximate surface area is 147 Å². The molecule has 2 fully saturated rings. The fourth-order valence-corrected chi connectivity index (χ4v) is 4.47. The molecule has 2 bridgehead atoms. The van der Waals surface area contributed by atoms with Gasteiger partial charge in [-0.15, -0.1) is 0 Å². The number of hydrogen-bond acceptors (Lipinski definition) is 3. The molecule has 0 saturated heterocycles. The Balaban J connectivity index is 1.50. The van der Waals surface area contributed by atoms with Crippen molar-refractivity contribution in [2.24, 2.45) is 21.8 Å². The molecule has 0 spiro atoms. The summed E-state index contributed by atoms with van der Waals surface area (Å²) < 4.78 is 0. The number of benzene rings is 1. The van der Waals surface area contributed by atoms with Crippen LogP contribution in [0, 0.1) is 16.7 Å². The van der Waals surface area contributed by atoms with Gasteiger partial charge in [0, 0.05) is 16.7 Å². The predicted octanol–water partition coefficient (Wildman–Crippen LogP) is 4.01. The van der Waals surface area contributed by atoms with E-state index in [0.29, 0.717) is 11.6 Å². The second kappa shape index (κ2) is 5.55. The van der Waals surface area contributed by atoms with Gasteiger partial charge in [-0.3, -0.25) is 9.89 Å². The Morgan fingerprint density at radius 1 is 1.28 bits per heavy atom. The van der Waals surface area contributed by atoms with Gasteiger partial charge < -0.3 is 0 Å². The molecule has 25 heavy (non-hydrogen) atoms. The van der Waals surface area contributed by atoms with Crippen LogP contribution in [0.15, 0.2) is 41.5 Å². The lowest BCUT2D eigenvalue weighted by Crippen LogP contribution is -2.34. The number of H-pyrrole nitrogens is 1. The van der Waals surface area contributed by atoms with Crippen molar-refractivity contribution < 1.29 is 4.79 Å². The first-order chi connectivity index (χ1) is 11.9. The topological polar surface area (TPSA) is 70.1 Å². The molecule has 130 valence electrons. The molecule has 1 amide bonds. The predicted molar refractivity (Wildman–Crippen MR) is 98.2 cm³/mol. The molecule has 2 N–H and O–H groups in total. The van der Waals surface area contributed by atoms with Gasteiger partial charge in [-0.2, -0.15) is 10.2 Å². The van der Waals surface area contributed by atoms with E-state index in [4.69, 9.17) is 0 Å². The molecule has 1 aromatic carbocycles. The number of nitrogens with zero attached hydrogens (tertiary/aromatic N) is 2. The summed E-state index contributed by atoms with van der Waals surface area (Å²) in [6.07, 6.45) is 3.40. The lowest BCUT2D eigenvalue weighted by molar-refractivity contribution is 0.0949. The molecule has 2 atom stereocenters. The van der Waals surface area contributed by atoms with Crippen LogP contribution >= 0.6 is 0 Å². The maximum Gasteiger partial charge on any atom is 0.289 e.